The lowest BCUT2D eigenvalue weighted by Gasteiger charge is -2.01. The van der Waals surface area contributed by atoms with E-state index in [1.165, 1.54) is 12.1 Å². The molecular weight excluding hydrogens is 259 g/mol. The van der Waals surface area contributed by atoms with Gasteiger partial charge in [0.05, 0.1) is 5.52 Å². The zero-order valence-corrected chi connectivity index (χ0v) is 10.2. The van der Waals surface area contributed by atoms with E-state index in [0.29, 0.717) is 6.54 Å². The molecule has 0 saturated carbocycles. The molecule has 2 aromatic rings. The van der Waals surface area contributed by atoms with Crippen LogP contribution in [0.1, 0.15) is 11.3 Å². The number of benzene rings is 1. The van der Waals surface area contributed by atoms with Crippen molar-refractivity contribution in [3.63, 3.8) is 0 Å². The van der Waals surface area contributed by atoms with Crippen molar-refractivity contribution in [3.05, 3.63) is 33.7 Å². The third-order valence-electron chi connectivity index (χ3n) is 2.83. The average molecular weight is 271 g/mol. The molecule has 15 heavy (non-hydrogen) atoms. The summed E-state index contributed by atoms with van der Waals surface area (Å²) in [4.78, 5) is 0. The maximum atomic E-state index is 13.3. The molecule has 2 rings (SSSR count). The highest BCUT2D eigenvalue weighted by Gasteiger charge is 2.14. The van der Waals surface area contributed by atoms with Gasteiger partial charge in [0, 0.05) is 29.1 Å². The van der Waals surface area contributed by atoms with Gasteiger partial charge in [-0.05, 0) is 40.5 Å². The zero-order valence-electron chi connectivity index (χ0n) is 8.64. The smallest absolute Gasteiger partial charge is 0.125 e. The molecule has 2 nitrogen and oxygen atoms in total. The summed E-state index contributed by atoms with van der Waals surface area (Å²) in [6.07, 6.45) is 0. The molecule has 4 heteroatoms. The van der Waals surface area contributed by atoms with Gasteiger partial charge in [-0.15, -0.1) is 0 Å². The SMILES string of the molecule is Cc1c(CN)c2cc(F)cc(Br)c2n1C. The fraction of sp³-hybridized carbons (Fsp3) is 0.273. The average Bonchev–Trinajstić information content (AvgIpc) is 2.39. The molecule has 0 bridgehead atoms. The highest BCUT2D eigenvalue weighted by Crippen LogP contribution is 2.31. The first-order valence-electron chi connectivity index (χ1n) is 4.69. The van der Waals surface area contributed by atoms with E-state index in [2.05, 4.69) is 15.9 Å². The van der Waals surface area contributed by atoms with E-state index < -0.39 is 0 Å². The number of fused-ring (bicyclic) bond motifs is 1. The largest absolute Gasteiger partial charge is 0.347 e. The van der Waals surface area contributed by atoms with Gasteiger partial charge in [0.15, 0.2) is 0 Å². The predicted molar refractivity (Wildman–Crippen MR) is 63.2 cm³/mol. The number of nitrogens with zero attached hydrogens (tertiary/aromatic N) is 1. The van der Waals surface area contributed by atoms with E-state index in [4.69, 9.17) is 5.73 Å². The normalized spacial score (nSPS) is 11.3. The van der Waals surface area contributed by atoms with Crippen molar-refractivity contribution in [1.29, 1.82) is 0 Å². The van der Waals surface area contributed by atoms with Gasteiger partial charge in [-0.3, -0.25) is 0 Å². The van der Waals surface area contributed by atoms with Crippen LogP contribution in [-0.2, 0) is 13.6 Å². The van der Waals surface area contributed by atoms with Crippen molar-refractivity contribution >= 4 is 26.8 Å². The summed E-state index contributed by atoms with van der Waals surface area (Å²) < 4.78 is 16.1. The van der Waals surface area contributed by atoms with E-state index in [-0.39, 0.29) is 5.82 Å². The molecule has 0 spiro atoms. The Hall–Kier alpha value is -0.870. The van der Waals surface area contributed by atoms with Gasteiger partial charge >= 0.3 is 0 Å². The number of rotatable bonds is 1. The first kappa shape index (κ1) is 10.6. The summed E-state index contributed by atoms with van der Waals surface area (Å²) in [5, 5.41) is 0.893. The van der Waals surface area contributed by atoms with Crippen LogP contribution < -0.4 is 5.73 Å². The van der Waals surface area contributed by atoms with Crippen LogP contribution in [0.3, 0.4) is 0 Å². The van der Waals surface area contributed by atoms with Crippen LogP contribution >= 0.6 is 15.9 Å². The number of nitrogens with two attached hydrogens (primary N) is 1. The summed E-state index contributed by atoms with van der Waals surface area (Å²) in [5.41, 5.74) is 8.76. The molecule has 0 aliphatic carbocycles. The van der Waals surface area contributed by atoms with E-state index >= 15 is 0 Å². The highest BCUT2D eigenvalue weighted by molar-refractivity contribution is 9.10. The van der Waals surface area contributed by atoms with Crippen LogP contribution in [0.2, 0.25) is 0 Å². The first-order valence-corrected chi connectivity index (χ1v) is 5.48. The van der Waals surface area contributed by atoms with Gasteiger partial charge in [0.25, 0.3) is 0 Å². The van der Waals surface area contributed by atoms with Crippen molar-refractivity contribution in [2.75, 3.05) is 0 Å². The van der Waals surface area contributed by atoms with Crippen LogP contribution in [0.15, 0.2) is 16.6 Å². The standard InChI is InChI=1S/C11H12BrFN2/c1-6-9(5-14)8-3-7(13)4-10(12)11(8)15(6)2/h3-4H,5,14H2,1-2H3. The Balaban J connectivity index is 2.97. The molecule has 1 aromatic carbocycles. The van der Waals surface area contributed by atoms with Gasteiger partial charge in [-0.25, -0.2) is 4.39 Å². The summed E-state index contributed by atoms with van der Waals surface area (Å²) in [6.45, 7) is 2.42. The number of hydrogen-bond acceptors (Lipinski definition) is 1. The molecule has 0 unspecified atom stereocenters. The maximum absolute atomic E-state index is 13.3. The fourth-order valence-electron chi connectivity index (χ4n) is 1.96. The van der Waals surface area contributed by atoms with Crippen LogP contribution in [0.5, 0.6) is 0 Å². The van der Waals surface area contributed by atoms with E-state index in [0.717, 1.165) is 26.6 Å². The van der Waals surface area contributed by atoms with Crippen LogP contribution in [-0.4, -0.2) is 4.57 Å². The molecule has 80 valence electrons. The van der Waals surface area contributed by atoms with Gasteiger partial charge in [0.2, 0.25) is 0 Å². The van der Waals surface area contributed by atoms with Crippen molar-refractivity contribution < 1.29 is 4.39 Å². The van der Waals surface area contributed by atoms with E-state index in [9.17, 15) is 4.39 Å². The Bertz CT molecular complexity index is 531. The Morgan fingerprint density at radius 2 is 2.13 bits per heavy atom. The summed E-state index contributed by atoms with van der Waals surface area (Å²) in [5.74, 6) is -0.241. The lowest BCUT2D eigenvalue weighted by Crippen LogP contribution is -1.99. The quantitative estimate of drug-likeness (QED) is 0.849. The Morgan fingerprint density at radius 3 is 2.73 bits per heavy atom. The fourth-order valence-corrected chi connectivity index (χ4v) is 2.66. The van der Waals surface area contributed by atoms with Crippen molar-refractivity contribution in [2.24, 2.45) is 12.8 Å². The minimum atomic E-state index is -0.241. The second-order valence-corrected chi connectivity index (χ2v) is 4.47. The molecule has 0 fully saturated rings. The lowest BCUT2D eigenvalue weighted by molar-refractivity contribution is 0.628. The molecule has 0 amide bonds. The molecule has 0 atom stereocenters. The molecule has 1 aromatic heterocycles. The van der Waals surface area contributed by atoms with E-state index in [1.807, 2.05) is 18.5 Å². The minimum absolute atomic E-state index is 0.241. The Morgan fingerprint density at radius 1 is 1.47 bits per heavy atom. The van der Waals surface area contributed by atoms with Gasteiger partial charge in [-0.2, -0.15) is 0 Å². The molecule has 0 aliphatic rings. The van der Waals surface area contributed by atoms with Crippen LogP contribution in [0.4, 0.5) is 4.39 Å². The number of halogens is 2. The van der Waals surface area contributed by atoms with Crippen LogP contribution in [0.25, 0.3) is 10.9 Å². The summed E-state index contributed by atoms with van der Waals surface area (Å²) >= 11 is 3.37. The third-order valence-corrected chi connectivity index (χ3v) is 3.44. The predicted octanol–water partition coefficient (Wildman–Crippen LogP) is 2.85. The first-order chi connectivity index (χ1) is 7.06. The number of aromatic nitrogens is 1. The molecule has 2 N–H and O–H groups in total. The summed E-state index contributed by atoms with van der Waals surface area (Å²) in [7, 11) is 1.96. The number of hydrogen-bond donors (Lipinski definition) is 1. The minimum Gasteiger partial charge on any atom is -0.347 e. The van der Waals surface area contributed by atoms with Crippen molar-refractivity contribution in [3.8, 4) is 0 Å². The maximum Gasteiger partial charge on any atom is 0.125 e. The summed E-state index contributed by atoms with van der Waals surface area (Å²) in [6, 6.07) is 3.01. The third kappa shape index (κ3) is 1.48. The molecule has 0 saturated heterocycles. The van der Waals surface area contributed by atoms with Crippen LogP contribution in [0, 0.1) is 12.7 Å². The second kappa shape index (κ2) is 3.61. The van der Waals surface area contributed by atoms with E-state index in [1.54, 1.807) is 0 Å². The van der Waals surface area contributed by atoms with Gasteiger partial charge in [0.1, 0.15) is 5.82 Å². The molecule has 0 aliphatic heterocycles. The molecular formula is C11H12BrFN2. The molecule has 1 heterocycles. The zero-order chi connectivity index (χ0) is 11.2. The van der Waals surface area contributed by atoms with Crippen molar-refractivity contribution in [2.45, 2.75) is 13.5 Å². The Kier molecular flexibility index (Phi) is 2.56. The van der Waals surface area contributed by atoms with Crippen molar-refractivity contribution in [1.82, 2.24) is 4.57 Å². The monoisotopic (exact) mass is 270 g/mol. The molecule has 0 radical (unpaired) electrons. The highest BCUT2D eigenvalue weighted by atomic mass is 79.9. The lowest BCUT2D eigenvalue weighted by atomic mass is 10.1. The Labute approximate surface area is 96.0 Å². The van der Waals surface area contributed by atoms with Gasteiger partial charge < -0.3 is 10.3 Å². The second-order valence-electron chi connectivity index (χ2n) is 3.61. The number of aryl methyl sites for hydroxylation is 1. The van der Waals surface area contributed by atoms with Gasteiger partial charge in [-0.1, -0.05) is 0 Å². The topological polar surface area (TPSA) is 30.9 Å².